The maximum absolute atomic E-state index is 13.7. The van der Waals surface area contributed by atoms with Crippen molar-refractivity contribution in [3.05, 3.63) is 53.3 Å². The molecular formula is C40H48F3N7O5S. The van der Waals surface area contributed by atoms with Crippen LogP contribution in [0.1, 0.15) is 108 Å². The molecule has 300 valence electrons. The van der Waals surface area contributed by atoms with E-state index < -0.39 is 28.9 Å². The third-order valence-electron chi connectivity index (χ3n) is 11.8. The molecule has 3 aliphatic heterocycles. The molecule has 4 atom stereocenters. The minimum absolute atomic E-state index is 0.0473. The van der Waals surface area contributed by atoms with Gasteiger partial charge in [0.05, 0.1) is 36.0 Å². The minimum atomic E-state index is -4.82. The molecule has 4 heterocycles. The lowest BCUT2D eigenvalue weighted by atomic mass is 9.85. The van der Waals surface area contributed by atoms with Crippen LogP contribution in [-0.2, 0) is 30.1 Å². The number of likely N-dealkylation sites (tertiary alicyclic amines) is 1. The van der Waals surface area contributed by atoms with Crippen molar-refractivity contribution in [2.45, 2.75) is 127 Å². The molecule has 0 spiro atoms. The van der Waals surface area contributed by atoms with E-state index in [1.54, 1.807) is 26.0 Å². The average molecular weight is 796 g/mol. The predicted molar refractivity (Wildman–Crippen MR) is 205 cm³/mol. The second-order valence-electron chi connectivity index (χ2n) is 16.0. The second kappa shape index (κ2) is 16.6. The van der Waals surface area contributed by atoms with Gasteiger partial charge in [-0.1, -0.05) is 12.1 Å². The third kappa shape index (κ3) is 8.74. The number of carbonyl (C=O) groups is 4. The van der Waals surface area contributed by atoms with E-state index in [0.29, 0.717) is 43.9 Å². The van der Waals surface area contributed by atoms with Crippen molar-refractivity contribution in [1.82, 2.24) is 20.1 Å². The van der Waals surface area contributed by atoms with Gasteiger partial charge >= 0.3 is 6.18 Å². The first-order valence-corrected chi connectivity index (χ1v) is 19.6. The number of piperidine rings is 2. The molecule has 0 radical (unpaired) electrons. The minimum Gasteiger partial charge on any atom is -0.378 e. The smallest absolute Gasteiger partial charge is 0.378 e. The number of hydrogen-bond donors (Lipinski definition) is 2. The molecule has 1 aromatic carbocycles. The van der Waals surface area contributed by atoms with Gasteiger partial charge in [-0.15, -0.1) is 0 Å². The molecule has 1 saturated carbocycles. The summed E-state index contributed by atoms with van der Waals surface area (Å²) < 4.78 is 47.4. The van der Waals surface area contributed by atoms with Crippen molar-refractivity contribution in [3.8, 4) is 6.07 Å². The molecule has 2 aromatic rings. The summed E-state index contributed by atoms with van der Waals surface area (Å²) in [6, 6.07) is 9.75. The number of thiocarbonyl (C=S) groups is 1. The zero-order valence-corrected chi connectivity index (χ0v) is 32.8. The number of amides is 4. The first kappa shape index (κ1) is 41.2. The van der Waals surface area contributed by atoms with Crippen LogP contribution in [0.5, 0.6) is 0 Å². The van der Waals surface area contributed by atoms with Gasteiger partial charge in [0.15, 0.2) is 10.8 Å². The van der Waals surface area contributed by atoms with Crippen LogP contribution in [0.4, 0.5) is 24.5 Å². The first-order chi connectivity index (χ1) is 26.5. The number of benzene rings is 1. The molecule has 4 amide bonds. The van der Waals surface area contributed by atoms with Crippen LogP contribution in [-0.4, -0.2) is 86.4 Å². The van der Waals surface area contributed by atoms with Gasteiger partial charge in [0, 0.05) is 36.8 Å². The molecule has 2 N–H and O–H groups in total. The average Bonchev–Trinajstić information content (AvgIpc) is 3.32. The second-order valence-corrected chi connectivity index (χ2v) is 16.4. The van der Waals surface area contributed by atoms with E-state index in [0.717, 1.165) is 54.8 Å². The molecule has 6 rings (SSSR count). The lowest BCUT2D eigenvalue weighted by molar-refractivity contribution is -0.138. The van der Waals surface area contributed by atoms with Crippen LogP contribution < -0.4 is 15.5 Å². The van der Waals surface area contributed by atoms with Crippen molar-refractivity contribution >= 4 is 52.3 Å². The van der Waals surface area contributed by atoms with E-state index in [1.165, 1.54) is 6.07 Å². The molecule has 1 aliphatic carbocycles. The number of nitriles is 1. The molecule has 2 unspecified atom stereocenters. The van der Waals surface area contributed by atoms with Crippen LogP contribution in [0.2, 0.25) is 0 Å². The monoisotopic (exact) mass is 795 g/mol. The Labute approximate surface area is 330 Å². The van der Waals surface area contributed by atoms with Gasteiger partial charge in [-0.25, -0.2) is 4.98 Å². The summed E-state index contributed by atoms with van der Waals surface area (Å²) in [4.78, 5) is 59.2. The summed E-state index contributed by atoms with van der Waals surface area (Å²) in [5, 5.41) is 14.6. The number of hydrogen-bond acceptors (Lipinski definition) is 9. The number of ether oxygens (including phenoxy) is 1. The van der Waals surface area contributed by atoms with Gasteiger partial charge in [0.2, 0.25) is 17.7 Å². The largest absolute Gasteiger partial charge is 0.419 e. The zero-order valence-electron chi connectivity index (χ0n) is 32.0. The van der Waals surface area contributed by atoms with Crippen LogP contribution in [0.15, 0.2) is 36.5 Å². The lowest BCUT2D eigenvalue weighted by Crippen LogP contribution is -2.51. The number of nitrogens with one attached hydrogen (secondary N) is 2. The highest BCUT2D eigenvalue weighted by Crippen LogP contribution is 2.40. The molecule has 1 aromatic heterocycles. The summed E-state index contributed by atoms with van der Waals surface area (Å²) in [6.07, 6.45) is 2.79. The fourth-order valence-electron chi connectivity index (χ4n) is 8.89. The molecule has 0 bridgehead atoms. The number of rotatable bonds is 10. The Morgan fingerprint density at radius 3 is 2.34 bits per heavy atom. The molecule has 3 saturated heterocycles. The van der Waals surface area contributed by atoms with E-state index >= 15 is 0 Å². The lowest BCUT2D eigenvalue weighted by Gasteiger charge is -2.42. The first-order valence-electron chi connectivity index (χ1n) is 19.2. The zero-order chi connectivity index (χ0) is 40.5. The van der Waals surface area contributed by atoms with Crippen molar-refractivity contribution < 1.29 is 37.1 Å². The fourth-order valence-corrected chi connectivity index (χ4v) is 9.46. The summed E-state index contributed by atoms with van der Waals surface area (Å²) >= 11 is 5.71. The molecule has 4 aliphatic rings. The summed E-state index contributed by atoms with van der Waals surface area (Å²) in [6.45, 7) is 8.62. The van der Waals surface area contributed by atoms with Crippen LogP contribution >= 0.6 is 12.2 Å². The van der Waals surface area contributed by atoms with Gasteiger partial charge in [0.25, 0.3) is 5.91 Å². The molecule has 12 nitrogen and oxygen atoms in total. The van der Waals surface area contributed by atoms with E-state index in [1.807, 2.05) is 17.0 Å². The number of alkyl halides is 3. The summed E-state index contributed by atoms with van der Waals surface area (Å²) in [7, 11) is 0. The number of halogens is 3. The van der Waals surface area contributed by atoms with E-state index in [9.17, 15) is 32.3 Å². The quantitative estimate of drug-likeness (QED) is 0.215. The number of anilines is 2. The molecular weight excluding hydrogens is 748 g/mol. The Hall–Kier alpha value is -4.46. The number of nitrogens with zero attached hydrogens (tertiary/aromatic N) is 5. The highest BCUT2D eigenvalue weighted by atomic mass is 32.1. The predicted octanol–water partition coefficient (Wildman–Crippen LogP) is 6.05. The Bertz CT molecular complexity index is 1880. The highest BCUT2D eigenvalue weighted by Gasteiger charge is 2.53. The Morgan fingerprint density at radius 2 is 1.73 bits per heavy atom. The van der Waals surface area contributed by atoms with Crippen LogP contribution in [0.25, 0.3) is 0 Å². The maximum Gasteiger partial charge on any atom is 0.419 e. The van der Waals surface area contributed by atoms with Crippen molar-refractivity contribution in [1.29, 1.82) is 5.26 Å². The van der Waals surface area contributed by atoms with Gasteiger partial charge in [-0.3, -0.25) is 34.3 Å². The van der Waals surface area contributed by atoms with Gasteiger partial charge in [0.1, 0.15) is 11.6 Å². The van der Waals surface area contributed by atoms with Crippen LogP contribution in [0.3, 0.4) is 0 Å². The SMILES string of the molecule is C[C@@H]1CC(CCO[C@H]2CC[C@H](N3C(=S)N(c4cnc(C#N)c(C(F)(F)F)c4)C(=O)C3(C)C)CC2)C[C@H](C)N1CC(=O)Nc1ccc(C2CCC(=O)NC2=O)cc1. The number of aromatic nitrogens is 1. The molecule has 4 fully saturated rings. The number of carbonyl (C=O) groups excluding carboxylic acids is 4. The topological polar surface area (TPSA) is 148 Å². The molecule has 56 heavy (non-hydrogen) atoms. The standard InChI is InChI=1S/C40H48F3N7O5S/c1-23-17-25(18-24(2)48(23)22-35(52)46-27-7-5-26(6-8-27)31-13-14-34(51)47-36(31)53)15-16-55-30-11-9-28(10-12-30)50-38(56)49(37(54)39(50,3)4)29-19-32(40(41,42)43)33(20-44)45-21-29/h5-8,19,21,23-25,28,30-31H,9-18,22H2,1-4H3,(H,46,52)(H,47,51,53)/t23-,24+,25?,28-,30-,31?. The third-order valence-corrected chi connectivity index (χ3v) is 12.2. The van der Waals surface area contributed by atoms with E-state index in [4.69, 9.17) is 22.2 Å². The van der Waals surface area contributed by atoms with Gasteiger partial charge < -0.3 is 15.0 Å². The van der Waals surface area contributed by atoms with Crippen molar-refractivity contribution in [3.63, 3.8) is 0 Å². The Kier molecular flexibility index (Phi) is 12.2. The van der Waals surface area contributed by atoms with Crippen LogP contribution in [0, 0.1) is 17.2 Å². The van der Waals surface area contributed by atoms with E-state index in [2.05, 4.69) is 34.4 Å². The van der Waals surface area contributed by atoms with E-state index in [-0.39, 0.29) is 65.2 Å². The van der Waals surface area contributed by atoms with Gasteiger partial charge in [-0.2, -0.15) is 18.4 Å². The summed E-state index contributed by atoms with van der Waals surface area (Å²) in [5.41, 5.74) is -1.72. The summed E-state index contributed by atoms with van der Waals surface area (Å²) in [5.74, 6) is -1.03. The fraction of sp³-hybridized carbons (Fsp3) is 0.575. The molecule has 16 heteroatoms. The Balaban J connectivity index is 0.942. The number of imide groups is 1. The van der Waals surface area contributed by atoms with Crippen molar-refractivity contribution in [2.24, 2.45) is 5.92 Å². The highest BCUT2D eigenvalue weighted by molar-refractivity contribution is 7.80. The number of pyridine rings is 1. The normalized spacial score (nSPS) is 27.2. The van der Waals surface area contributed by atoms with Crippen molar-refractivity contribution in [2.75, 3.05) is 23.4 Å². The maximum atomic E-state index is 13.7. The van der Waals surface area contributed by atoms with Gasteiger partial charge in [-0.05, 0) is 121 Å². The Morgan fingerprint density at radius 1 is 1.07 bits per heavy atom.